The summed E-state index contributed by atoms with van der Waals surface area (Å²) < 4.78 is 18.6. The Balaban J connectivity index is 1.18. The molecule has 3 heterocycles. The minimum absolute atomic E-state index is 0.0444. The molecule has 0 spiro atoms. The number of aromatic nitrogens is 2. The Bertz CT molecular complexity index is 1730. The predicted molar refractivity (Wildman–Crippen MR) is 146 cm³/mol. The Morgan fingerprint density at radius 1 is 1.20 bits per heavy atom. The van der Waals surface area contributed by atoms with Crippen molar-refractivity contribution < 1.29 is 23.5 Å². The summed E-state index contributed by atoms with van der Waals surface area (Å²) >= 11 is 1.31. The second-order valence-electron chi connectivity index (χ2n) is 9.76. The molecular weight excluding hydrogens is 537 g/mol. The summed E-state index contributed by atoms with van der Waals surface area (Å²) in [5.74, 6) is -1.49. The average Bonchev–Trinajstić information content (AvgIpc) is 3.51. The molecule has 6 rings (SSSR count). The number of H-pyrrole nitrogens is 1. The fraction of sp³-hybridized carbons (Fsp3) is 0.250. The highest BCUT2D eigenvalue weighted by Crippen LogP contribution is 2.42. The molecule has 0 saturated heterocycles. The summed E-state index contributed by atoms with van der Waals surface area (Å²) in [5, 5.41) is 8.75. The molecule has 0 saturated carbocycles. The summed E-state index contributed by atoms with van der Waals surface area (Å²) in [4.78, 5) is 59.1. The molecule has 1 aliphatic carbocycles. The van der Waals surface area contributed by atoms with Crippen LogP contribution in [0, 0.1) is 5.82 Å². The molecule has 2 aromatic heterocycles. The number of carbonyl (C=O) groups is 3. The quantitative estimate of drug-likeness (QED) is 0.285. The van der Waals surface area contributed by atoms with Gasteiger partial charge in [-0.15, -0.1) is 11.3 Å². The van der Waals surface area contributed by atoms with Gasteiger partial charge in [-0.05, 0) is 60.7 Å². The molecule has 0 radical (unpaired) electrons. The Morgan fingerprint density at radius 2 is 2.00 bits per heavy atom. The minimum atomic E-state index is -0.562. The van der Waals surface area contributed by atoms with E-state index in [1.165, 1.54) is 23.5 Å². The molecule has 10 nitrogen and oxygen atoms in total. The van der Waals surface area contributed by atoms with Gasteiger partial charge in [0, 0.05) is 11.4 Å². The second kappa shape index (κ2) is 10.2. The smallest absolute Gasteiger partial charge is 0.287 e. The number of amides is 3. The Kier molecular flexibility index (Phi) is 6.54. The standard InChI is InChI=1S/C28H24FN5O5S/c1-13(15-3-5-16(29)6-4-15)31-25(36)17-7-9-20-22(17)23-26(37)33-24(34-28(23)40-20)27(38)30-11-14-2-8-19-18(10-14)32-21(35)12-39-19/h2-6,8,10,13,17H,7,9,11-12H2,1H3,(H,30,38)(H,31,36)(H,32,35)(H,33,34,37)/t13-,17?/m0/s1. The van der Waals surface area contributed by atoms with Gasteiger partial charge in [-0.2, -0.15) is 0 Å². The summed E-state index contributed by atoms with van der Waals surface area (Å²) in [6.07, 6.45) is 1.19. The largest absolute Gasteiger partial charge is 0.482 e. The summed E-state index contributed by atoms with van der Waals surface area (Å²) in [5.41, 5.74) is 2.19. The zero-order valence-electron chi connectivity index (χ0n) is 21.3. The molecule has 0 bridgehead atoms. The third kappa shape index (κ3) is 4.81. The van der Waals surface area contributed by atoms with E-state index in [4.69, 9.17) is 4.74 Å². The first-order valence-corrected chi connectivity index (χ1v) is 13.5. The molecule has 3 amide bonds. The molecular formula is C28H24FN5O5S. The van der Waals surface area contributed by atoms with Crippen molar-refractivity contribution in [2.45, 2.75) is 38.3 Å². The number of thiophene rings is 1. The number of nitrogens with one attached hydrogen (secondary N) is 4. The SMILES string of the molecule is C[C@H](NC(=O)C1CCc2sc3nc(C(=O)NCc4ccc5c(c4)NC(=O)CO5)[nH]c(=O)c3c21)c1ccc(F)cc1. The number of hydrogen-bond donors (Lipinski definition) is 4. The number of anilines is 1. The molecule has 12 heteroatoms. The number of rotatable bonds is 6. The van der Waals surface area contributed by atoms with Gasteiger partial charge in [-0.3, -0.25) is 19.2 Å². The van der Waals surface area contributed by atoms with Crippen LogP contribution in [0.15, 0.2) is 47.3 Å². The van der Waals surface area contributed by atoms with E-state index in [-0.39, 0.29) is 42.6 Å². The van der Waals surface area contributed by atoms with Gasteiger partial charge in [0.25, 0.3) is 17.4 Å². The maximum atomic E-state index is 13.3. The van der Waals surface area contributed by atoms with Gasteiger partial charge >= 0.3 is 0 Å². The number of benzene rings is 2. The molecule has 2 aromatic carbocycles. The van der Waals surface area contributed by atoms with Crippen molar-refractivity contribution in [1.29, 1.82) is 0 Å². The van der Waals surface area contributed by atoms with Crippen molar-refractivity contribution in [1.82, 2.24) is 20.6 Å². The normalized spacial score (nSPS) is 16.4. The van der Waals surface area contributed by atoms with E-state index in [9.17, 15) is 23.6 Å². The second-order valence-corrected chi connectivity index (χ2v) is 10.8. The van der Waals surface area contributed by atoms with Crippen LogP contribution in [0.2, 0.25) is 0 Å². The molecule has 0 fully saturated rings. The maximum absolute atomic E-state index is 13.3. The van der Waals surface area contributed by atoms with E-state index in [1.54, 1.807) is 30.3 Å². The van der Waals surface area contributed by atoms with E-state index in [1.807, 2.05) is 6.92 Å². The summed E-state index contributed by atoms with van der Waals surface area (Å²) in [6.45, 7) is 1.91. The van der Waals surface area contributed by atoms with Crippen LogP contribution in [0.1, 0.15) is 57.5 Å². The third-order valence-electron chi connectivity index (χ3n) is 7.07. The van der Waals surface area contributed by atoms with Gasteiger partial charge in [0.05, 0.1) is 23.0 Å². The molecule has 4 aromatic rings. The van der Waals surface area contributed by atoms with Gasteiger partial charge in [-0.1, -0.05) is 18.2 Å². The topological polar surface area (TPSA) is 142 Å². The van der Waals surface area contributed by atoms with E-state index in [0.29, 0.717) is 40.1 Å². The number of nitrogens with zero attached hydrogens (tertiary/aromatic N) is 1. The average molecular weight is 562 g/mol. The fourth-order valence-corrected chi connectivity index (χ4v) is 6.32. The predicted octanol–water partition coefficient (Wildman–Crippen LogP) is 3.29. The molecule has 4 N–H and O–H groups in total. The summed E-state index contributed by atoms with van der Waals surface area (Å²) in [7, 11) is 0. The molecule has 40 heavy (non-hydrogen) atoms. The summed E-state index contributed by atoms with van der Waals surface area (Å²) in [6, 6.07) is 10.8. The van der Waals surface area contributed by atoms with Gasteiger partial charge < -0.3 is 25.7 Å². The number of aryl methyl sites for hydroxylation is 1. The van der Waals surface area contributed by atoms with Crippen LogP contribution in [0.5, 0.6) is 5.75 Å². The minimum Gasteiger partial charge on any atom is -0.482 e. The van der Waals surface area contributed by atoms with Crippen molar-refractivity contribution in [2.75, 3.05) is 11.9 Å². The van der Waals surface area contributed by atoms with Crippen molar-refractivity contribution in [3.05, 3.63) is 86.0 Å². The molecule has 2 atom stereocenters. The Morgan fingerprint density at radius 3 is 2.80 bits per heavy atom. The van der Waals surface area contributed by atoms with Crippen LogP contribution in [-0.2, 0) is 22.6 Å². The van der Waals surface area contributed by atoms with Crippen LogP contribution < -0.4 is 26.2 Å². The highest BCUT2D eigenvalue weighted by atomic mass is 32.1. The van der Waals surface area contributed by atoms with Crippen molar-refractivity contribution >= 4 is 45.0 Å². The number of aromatic amines is 1. The number of carbonyl (C=O) groups excluding carboxylic acids is 3. The van der Waals surface area contributed by atoms with Crippen molar-refractivity contribution in [3.63, 3.8) is 0 Å². The molecule has 2 aliphatic rings. The van der Waals surface area contributed by atoms with Crippen LogP contribution in [0.25, 0.3) is 10.2 Å². The molecule has 204 valence electrons. The fourth-order valence-electron chi connectivity index (χ4n) is 5.07. The molecule has 1 unspecified atom stereocenters. The first-order valence-electron chi connectivity index (χ1n) is 12.7. The Hall–Kier alpha value is -4.58. The lowest BCUT2D eigenvalue weighted by molar-refractivity contribution is -0.123. The third-order valence-corrected chi connectivity index (χ3v) is 8.23. The number of halogens is 1. The number of ether oxygens (including phenoxy) is 1. The van der Waals surface area contributed by atoms with Crippen molar-refractivity contribution in [2.24, 2.45) is 0 Å². The van der Waals surface area contributed by atoms with E-state index in [2.05, 4.69) is 25.9 Å². The molecule has 1 aliphatic heterocycles. The van der Waals surface area contributed by atoms with Crippen LogP contribution in [0.3, 0.4) is 0 Å². The van der Waals surface area contributed by atoms with Crippen LogP contribution in [-0.4, -0.2) is 34.3 Å². The zero-order valence-corrected chi connectivity index (χ0v) is 22.1. The van der Waals surface area contributed by atoms with Gasteiger partial charge in [0.15, 0.2) is 6.61 Å². The van der Waals surface area contributed by atoms with E-state index < -0.39 is 17.4 Å². The maximum Gasteiger partial charge on any atom is 0.287 e. The van der Waals surface area contributed by atoms with E-state index >= 15 is 0 Å². The van der Waals surface area contributed by atoms with Gasteiger partial charge in [0.2, 0.25) is 11.7 Å². The first-order chi connectivity index (χ1) is 19.3. The first kappa shape index (κ1) is 25.7. The number of hydrogen-bond acceptors (Lipinski definition) is 7. The van der Waals surface area contributed by atoms with Crippen molar-refractivity contribution in [3.8, 4) is 5.75 Å². The lowest BCUT2D eigenvalue weighted by atomic mass is 9.99. The Labute approximate surface area is 231 Å². The number of fused-ring (bicyclic) bond motifs is 4. The van der Waals surface area contributed by atoms with Crippen LogP contribution >= 0.6 is 11.3 Å². The monoisotopic (exact) mass is 561 g/mol. The van der Waals surface area contributed by atoms with Crippen LogP contribution in [0.4, 0.5) is 10.1 Å². The lowest BCUT2D eigenvalue weighted by Crippen LogP contribution is -2.31. The van der Waals surface area contributed by atoms with Gasteiger partial charge in [-0.25, -0.2) is 9.37 Å². The highest BCUT2D eigenvalue weighted by molar-refractivity contribution is 7.18. The lowest BCUT2D eigenvalue weighted by Gasteiger charge is -2.18. The zero-order chi connectivity index (χ0) is 28.0. The highest BCUT2D eigenvalue weighted by Gasteiger charge is 2.35. The van der Waals surface area contributed by atoms with Gasteiger partial charge in [0.1, 0.15) is 16.4 Å². The van der Waals surface area contributed by atoms with E-state index in [0.717, 1.165) is 16.0 Å².